The van der Waals surface area contributed by atoms with Crippen molar-refractivity contribution in [3.63, 3.8) is 0 Å². The number of Topliss-reactive ketones (excluding diaryl/α,β-unsaturated/α-hetero) is 1. The summed E-state index contributed by atoms with van der Waals surface area (Å²) in [6, 6.07) is 6.97. The second-order valence-corrected chi connectivity index (χ2v) is 6.89. The van der Waals surface area contributed by atoms with Gasteiger partial charge in [0.15, 0.2) is 0 Å². The molecule has 2 aromatic rings. The number of nitrogens with one attached hydrogen (secondary N) is 1. The van der Waals surface area contributed by atoms with Crippen molar-refractivity contribution in [3.8, 4) is 0 Å². The van der Waals surface area contributed by atoms with Crippen LogP contribution in [0.2, 0.25) is 0 Å². The zero-order valence-corrected chi connectivity index (χ0v) is 15.7. The smallest absolute Gasteiger partial charge is 0.329 e. The molecule has 3 rings (SSSR count). The van der Waals surface area contributed by atoms with Gasteiger partial charge in [-0.1, -0.05) is 18.2 Å². The van der Waals surface area contributed by atoms with Gasteiger partial charge in [-0.05, 0) is 25.0 Å². The third-order valence-corrected chi connectivity index (χ3v) is 5.49. The number of rotatable bonds is 5. The molecule has 9 nitrogen and oxygen atoms in total. The molecule has 1 heterocycles. The number of benzene rings is 1. The minimum atomic E-state index is -1.90. The van der Waals surface area contributed by atoms with Crippen molar-refractivity contribution in [2.75, 3.05) is 20.8 Å². The summed E-state index contributed by atoms with van der Waals surface area (Å²) >= 11 is 0. The van der Waals surface area contributed by atoms with Crippen molar-refractivity contribution in [2.45, 2.75) is 24.7 Å². The standard InChI is InChI=1S/C19H20N2O7/c1-10(22)12-8-19(17(23)27-2,18(24)28-3)16-15(13(12)9-21(25)26)11-6-4-5-7-14(11)20-16/h4-7,12-13,20H,8-9H2,1-3H3/t12-,13+/m1/s1. The molecule has 0 bridgehead atoms. The van der Waals surface area contributed by atoms with Gasteiger partial charge in [0.25, 0.3) is 0 Å². The third-order valence-electron chi connectivity index (χ3n) is 5.49. The highest BCUT2D eigenvalue weighted by atomic mass is 16.6. The van der Waals surface area contributed by atoms with Gasteiger partial charge in [0.05, 0.1) is 20.1 Å². The molecular weight excluding hydrogens is 368 g/mol. The van der Waals surface area contributed by atoms with Gasteiger partial charge in [-0.2, -0.15) is 0 Å². The predicted molar refractivity (Wildman–Crippen MR) is 97.4 cm³/mol. The fourth-order valence-electron chi connectivity index (χ4n) is 4.27. The second kappa shape index (κ2) is 7.06. The maximum absolute atomic E-state index is 12.8. The van der Waals surface area contributed by atoms with Crippen LogP contribution in [0.1, 0.15) is 30.5 Å². The molecule has 1 aromatic heterocycles. The van der Waals surface area contributed by atoms with Crippen molar-refractivity contribution in [2.24, 2.45) is 5.92 Å². The number of fused-ring (bicyclic) bond motifs is 3. The largest absolute Gasteiger partial charge is 0.468 e. The van der Waals surface area contributed by atoms with E-state index in [4.69, 9.17) is 9.47 Å². The molecule has 148 valence electrons. The summed E-state index contributed by atoms with van der Waals surface area (Å²) in [4.78, 5) is 52.0. The molecule has 0 amide bonds. The number of para-hydroxylation sites is 1. The Kier molecular flexibility index (Phi) is 4.93. The summed E-state index contributed by atoms with van der Waals surface area (Å²) in [6.45, 7) is 0.800. The van der Waals surface area contributed by atoms with Crippen molar-refractivity contribution in [1.82, 2.24) is 4.98 Å². The molecule has 28 heavy (non-hydrogen) atoms. The van der Waals surface area contributed by atoms with Gasteiger partial charge < -0.3 is 14.5 Å². The number of carbonyl (C=O) groups excluding carboxylic acids is 3. The van der Waals surface area contributed by atoms with Crippen LogP contribution in [0, 0.1) is 16.0 Å². The van der Waals surface area contributed by atoms with Crippen LogP contribution in [0.25, 0.3) is 10.9 Å². The minimum absolute atomic E-state index is 0.191. The zero-order chi connectivity index (χ0) is 20.6. The number of nitrogens with zero attached hydrogens (tertiary/aromatic N) is 1. The van der Waals surface area contributed by atoms with E-state index in [-0.39, 0.29) is 17.9 Å². The van der Waals surface area contributed by atoms with Gasteiger partial charge in [0.1, 0.15) is 5.78 Å². The lowest BCUT2D eigenvalue weighted by molar-refractivity contribution is -0.484. The highest BCUT2D eigenvalue weighted by Crippen LogP contribution is 2.50. The van der Waals surface area contributed by atoms with Crippen LogP contribution in [0.15, 0.2) is 24.3 Å². The first-order valence-electron chi connectivity index (χ1n) is 8.68. The van der Waals surface area contributed by atoms with Crippen LogP contribution in [0.5, 0.6) is 0 Å². The number of esters is 2. The van der Waals surface area contributed by atoms with Gasteiger partial charge in [0, 0.05) is 27.4 Å². The third kappa shape index (κ3) is 2.74. The van der Waals surface area contributed by atoms with E-state index in [2.05, 4.69) is 4.98 Å². The number of ketones is 1. The van der Waals surface area contributed by atoms with E-state index in [0.29, 0.717) is 16.5 Å². The molecule has 1 aromatic carbocycles. The maximum Gasteiger partial charge on any atom is 0.329 e. The molecule has 0 radical (unpaired) electrons. The molecule has 0 fully saturated rings. The van der Waals surface area contributed by atoms with Crippen molar-refractivity contribution in [1.29, 1.82) is 0 Å². The first kappa shape index (κ1) is 19.5. The molecule has 0 aliphatic heterocycles. The fraction of sp³-hybridized carbons (Fsp3) is 0.421. The van der Waals surface area contributed by atoms with E-state index >= 15 is 0 Å². The summed E-state index contributed by atoms with van der Waals surface area (Å²) in [5, 5.41) is 12.0. The van der Waals surface area contributed by atoms with Crippen LogP contribution in [0.4, 0.5) is 0 Å². The molecule has 0 saturated heterocycles. The summed E-state index contributed by atoms with van der Waals surface area (Å²) in [6.07, 6.45) is -0.264. The van der Waals surface area contributed by atoms with Crippen molar-refractivity contribution >= 4 is 28.6 Å². The topological polar surface area (TPSA) is 129 Å². The van der Waals surface area contributed by atoms with Gasteiger partial charge in [-0.25, -0.2) is 0 Å². The quantitative estimate of drug-likeness (QED) is 0.357. The second-order valence-electron chi connectivity index (χ2n) is 6.89. The summed E-state index contributed by atoms with van der Waals surface area (Å²) in [7, 11) is 2.28. The van der Waals surface area contributed by atoms with Crippen LogP contribution >= 0.6 is 0 Å². The lowest BCUT2D eigenvalue weighted by atomic mass is 9.63. The first-order valence-corrected chi connectivity index (χ1v) is 8.68. The Labute approximate surface area is 160 Å². The van der Waals surface area contributed by atoms with E-state index in [0.717, 1.165) is 14.2 Å². The van der Waals surface area contributed by atoms with Crippen LogP contribution in [-0.4, -0.2) is 48.4 Å². The fourth-order valence-corrected chi connectivity index (χ4v) is 4.27. The summed E-state index contributed by atoms with van der Waals surface area (Å²) < 4.78 is 9.82. The molecule has 1 aliphatic carbocycles. The van der Waals surface area contributed by atoms with E-state index < -0.39 is 40.7 Å². The summed E-state index contributed by atoms with van der Waals surface area (Å²) in [5.41, 5.74) is -0.699. The molecule has 0 unspecified atom stereocenters. The number of carbonyl (C=O) groups is 3. The Bertz CT molecular complexity index is 962. The van der Waals surface area contributed by atoms with Gasteiger partial charge >= 0.3 is 11.9 Å². The number of aromatic amines is 1. The molecule has 0 spiro atoms. The molecule has 1 N–H and O–H groups in total. The van der Waals surface area contributed by atoms with Crippen LogP contribution < -0.4 is 0 Å². The molecular formula is C19H20N2O7. The number of hydrogen-bond acceptors (Lipinski definition) is 7. The Morgan fingerprint density at radius 2 is 1.82 bits per heavy atom. The Morgan fingerprint density at radius 1 is 1.21 bits per heavy atom. The Hall–Kier alpha value is -3.23. The lowest BCUT2D eigenvalue weighted by Gasteiger charge is -2.38. The van der Waals surface area contributed by atoms with E-state index in [1.807, 2.05) is 0 Å². The first-order chi connectivity index (χ1) is 13.3. The highest BCUT2D eigenvalue weighted by molar-refractivity contribution is 6.09. The van der Waals surface area contributed by atoms with Crippen LogP contribution in [-0.2, 0) is 29.3 Å². The average molecular weight is 388 g/mol. The number of nitro groups is 1. The number of aromatic nitrogens is 1. The van der Waals surface area contributed by atoms with Gasteiger partial charge in [-0.15, -0.1) is 0 Å². The number of ether oxygens (including phenoxy) is 2. The predicted octanol–water partition coefficient (Wildman–Crippen LogP) is 1.72. The molecule has 0 saturated carbocycles. The highest BCUT2D eigenvalue weighted by Gasteiger charge is 2.60. The molecule has 9 heteroatoms. The average Bonchev–Trinajstić information content (AvgIpc) is 3.06. The number of hydrogen-bond donors (Lipinski definition) is 1. The SMILES string of the molecule is COC(=O)C1(C(=O)OC)C[C@H](C(C)=O)[C@H](C[N+](=O)[O-])c2c1[nH]c1ccccc21. The maximum atomic E-state index is 12.8. The molecule has 1 aliphatic rings. The number of H-pyrrole nitrogens is 1. The normalized spacial score (nSPS) is 20.2. The van der Waals surface area contributed by atoms with Crippen molar-refractivity contribution < 1.29 is 28.8 Å². The van der Waals surface area contributed by atoms with Gasteiger partial charge in [-0.3, -0.25) is 24.5 Å². The monoisotopic (exact) mass is 388 g/mol. The van der Waals surface area contributed by atoms with Crippen LogP contribution in [0.3, 0.4) is 0 Å². The van der Waals surface area contributed by atoms with E-state index in [1.54, 1.807) is 24.3 Å². The van der Waals surface area contributed by atoms with E-state index in [1.165, 1.54) is 6.92 Å². The summed E-state index contributed by atoms with van der Waals surface area (Å²) in [5.74, 6) is -3.81. The Balaban J connectivity index is 2.42. The molecule has 2 atom stereocenters. The Morgan fingerprint density at radius 3 is 2.36 bits per heavy atom. The van der Waals surface area contributed by atoms with Crippen molar-refractivity contribution in [3.05, 3.63) is 45.6 Å². The number of methoxy groups -OCH3 is 2. The van der Waals surface area contributed by atoms with E-state index in [9.17, 15) is 24.5 Å². The zero-order valence-electron chi connectivity index (χ0n) is 15.7. The minimum Gasteiger partial charge on any atom is -0.468 e. The lowest BCUT2D eigenvalue weighted by Crippen LogP contribution is -2.52. The van der Waals surface area contributed by atoms with Gasteiger partial charge in [0.2, 0.25) is 12.0 Å².